The van der Waals surface area contributed by atoms with E-state index in [0.717, 1.165) is 11.3 Å². The Kier molecular flexibility index (Phi) is 6.11. The number of rotatable bonds is 8. The Morgan fingerprint density at radius 2 is 1.43 bits per heavy atom. The first-order valence-corrected chi connectivity index (χ1v) is 12.1. The topological polar surface area (TPSA) is 69.7 Å². The van der Waals surface area contributed by atoms with E-state index in [1.807, 2.05) is 30.3 Å². The molecule has 0 amide bonds. The highest BCUT2D eigenvalue weighted by molar-refractivity contribution is 8.08. The number of sulfone groups is 1. The Morgan fingerprint density at radius 3 is 2.03 bits per heavy atom. The third-order valence-electron chi connectivity index (χ3n) is 4.47. The molecule has 30 heavy (non-hydrogen) atoms. The van der Waals surface area contributed by atoms with Crippen LogP contribution in [0, 0.1) is 0 Å². The average Bonchev–Trinajstić information content (AvgIpc) is 3.54. The van der Waals surface area contributed by atoms with Gasteiger partial charge in [-0.15, -0.1) is 0 Å². The van der Waals surface area contributed by atoms with Crippen molar-refractivity contribution in [1.82, 2.24) is 0 Å². The van der Waals surface area contributed by atoms with E-state index >= 15 is 0 Å². The largest absolute Gasteiger partial charge is 0.457 e. The van der Waals surface area contributed by atoms with Crippen LogP contribution in [0.5, 0.6) is 17.2 Å². The SMILES string of the molecule is O=C(Cc1ccccc1)Oc1ccc(Oc2ccc(S(=O)(=O)CC3CS3)cc2)cc1. The van der Waals surface area contributed by atoms with Crippen LogP contribution in [0.1, 0.15) is 5.56 Å². The molecule has 1 aliphatic rings. The van der Waals surface area contributed by atoms with E-state index in [2.05, 4.69) is 0 Å². The molecule has 0 radical (unpaired) electrons. The molecule has 4 rings (SSSR count). The van der Waals surface area contributed by atoms with Gasteiger partial charge in [0, 0.05) is 11.0 Å². The molecule has 0 N–H and O–H groups in total. The van der Waals surface area contributed by atoms with Crippen molar-refractivity contribution in [2.24, 2.45) is 0 Å². The maximum absolute atomic E-state index is 12.3. The van der Waals surface area contributed by atoms with Crippen molar-refractivity contribution in [2.45, 2.75) is 16.6 Å². The number of ether oxygens (including phenoxy) is 2. The molecule has 0 bridgehead atoms. The van der Waals surface area contributed by atoms with Crippen LogP contribution in [0.25, 0.3) is 0 Å². The van der Waals surface area contributed by atoms with Gasteiger partial charge < -0.3 is 9.47 Å². The molecule has 7 heteroatoms. The zero-order valence-corrected chi connectivity index (χ0v) is 17.7. The molecule has 0 aliphatic carbocycles. The molecular formula is C23H20O5S2. The van der Waals surface area contributed by atoms with Crippen molar-refractivity contribution in [3.05, 3.63) is 84.4 Å². The summed E-state index contributed by atoms with van der Waals surface area (Å²) in [4.78, 5) is 12.3. The molecule has 5 nitrogen and oxygen atoms in total. The van der Waals surface area contributed by atoms with Crippen molar-refractivity contribution in [1.29, 1.82) is 0 Å². The summed E-state index contributed by atoms with van der Waals surface area (Å²) in [7, 11) is -3.25. The van der Waals surface area contributed by atoms with Crippen LogP contribution >= 0.6 is 11.8 Å². The number of hydrogen-bond acceptors (Lipinski definition) is 6. The van der Waals surface area contributed by atoms with Crippen molar-refractivity contribution in [3.63, 3.8) is 0 Å². The summed E-state index contributed by atoms with van der Waals surface area (Å²) in [5.41, 5.74) is 0.892. The standard InChI is InChI=1S/C23H20O5S2/c24-23(14-17-4-2-1-3-5-17)28-20-8-6-18(7-9-20)27-19-10-12-22(13-11-19)30(25,26)16-21-15-29-21/h1-13,21H,14-16H2. The first-order valence-electron chi connectivity index (χ1n) is 9.45. The summed E-state index contributed by atoms with van der Waals surface area (Å²) in [5.74, 6) is 2.28. The minimum atomic E-state index is -3.25. The monoisotopic (exact) mass is 440 g/mol. The Morgan fingerprint density at radius 1 is 0.867 bits per heavy atom. The molecule has 1 atom stereocenters. The van der Waals surface area contributed by atoms with Crippen molar-refractivity contribution in [3.8, 4) is 17.2 Å². The number of thioether (sulfide) groups is 1. The molecule has 1 aliphatic heterocycles. The molecular weight excluding hydrogens is 420 g/mol. The lowest BCUT2D eigenvalue weighted by atomic mass is 10.2. The molecule has 0 aromatic heterocycles. The van der Waals surface area contributed by atoms with Crippen LogP contribution in [0.3, 0.4) is 0 Å². The van der Waals surface area contributed by atoms with Gasteiger partial charge in [-0.2, -0.15) is 11.8 Å². The van der Waals surface area contributed by atoms with Crippen LogP contribution < -0.4 is 9.47 Å². The van der Waals surface area contributed by atoms with Gasteiger partial charge in [0.2, 0.25) is 0 Å². The second kappa shape index (κ2) is 8.93. The highest BCUT2D eigenvalue weighted by Crippen LogP contribution is 2.33. The highest BCUT2D eigenvalue weighted by Gasteiger charge is 2.29. The van der Waals surface area contributed by atoms with E-state index in [9.17, 15) is 13.2 Å². The van der Waals surface area contributed by atoms with Gasteiger partial charge in [0.15, 0.2) is 9.84 Å². The van der Waals surface area contributed by atoms with Gasteiger partial charge in [0.1, 0.15) is 17.2 Å². The molecule has 3 aromatic rings. The molecule has 1 unspecified atom stereocenters. The number of carbonyl (C=O) groups excluding carboxylic acids is 1. The number of benzene rings is 3. The number of carbonyl (C=O) groups is 1. The first kappa shape index (κ1) is 20.5. The molecule has 1 fully saturated rings. The summed E-state index contributed by atoms with van der Waals surface area (Å²) in [6, 6.07) is 22.5. The van der Waals surface area contributed by atoms with Gasteiger partial charge in [-0.3, -0.25) is 4.79 Å². The zero-order chi connectivity index (χ0) is 21.0. The fourth-order valence-corrected chi connectivity index (χ4v) is 5.54. The normalized spacial score (nSPS) is 15.4. The predicted octanol–water partition coefficient (Wildman–Crippen LogP) is 4.52. The third kappa shape index (κ3) is 5.64. The van der Waals surface area contributed by atoms with Gasteiger partial charge in [0.25, 0.3) is 0 Å². The second-order valence-electron chi connectivity index (χ2n) is 6.92. The van der Waals surface area contributed by atoms with E-state index < -0.39 is 9.84 Å². The van der Waals surface area contributed by atoms with E-state index in [0.29, 0.717) is 22.1 Å². The van der Waals surface area contributed by atoms with Gasteiger partial charge in [-0.25, -0.2) is 8.42 Å². The maximum atomic E-state index is 12.3. The zero-order valence-electron chi connectivity index (χ0n) is 16.1. The predicted molar refractivity (Wildman–Crippen MR) is 117 cm³/mol. The van der Waals surface area contributed by atoms with Gasteiger partial charge in [-0.1, -0.05) is 30.3 Å². The molecule has 3 aromatic carbocycles. The Labute approximate surface area is 180 Å². The van der Waals surface area contributed by atoms with Crippen molar-refractivity contribution < 1.29 is 22.7 Å². The summed E-state index contributed by atoms with van der Waals surface area (Å²) in [6.45, 7) is 0. The lowest BCUT2D eigenvalue weighted by Gasteiger charge is -2.09. The summed E-state index contributed by atoms with van der Waals surface area (Å²) in [6.07, 6.45) is 0.202. The van der Waals surface area contributed by atoms with Crippen LogP contribution in [0.2, 0.25) is 0 Å². The summed E-state index contributed by atoms with van der Waals surface area (Å²) < 4.78 is 35.7. The number of hydrogen-bond donors (Lipinski definition) is 0. The van der Waals surface area contributed by atoms with E-state index in [-0.39, 0.29) is 23.4 Å². The second-order valence-corrected chi connectivity index (χ2v) is 10.3. The molecule has 154 valence electrons. The van der Waals surface area contributed by atoms with Crippen LogP contribution in [-0.4, -0.2) is 31.1 Å². The van der Waals surface area contributed by atoms with E-state index in [1.165, 1.54) is 0 Å². The lowest BCUT2D eigenvalue weighted by Crippen LogP contribution is -2.11. The smallest absolute Gasteiger partial charge is 0.315 e. The fourth-order valence-electron chi connectivity index (χ4n) is 2.86. The minimum absolute atomic E-state index is 0.183. The Bertz CT molecular complexity index is 1100. The van der Waals surface area contributed by atoms with Crippen LogP contribution in [-0.2, 0) is 21.1 Å². The van der Waals surface area contributed by atoms with Gasteiger partial charge >= 0.3 is 5.97 Å². The highest BCUT2D eigenvalue weighted by atomic mass is 32.2. The summed E-state index contributed by atoms with van der Waals surface area (Å²) >= 11 is 1.66. The number of esters is 1. The minimum Gasteiger partial charge on any atom is -0.457 e. The first-order chi connectivity index (χ1) is 14.5. The average molecular weight is 441 g/mol. The Balaban J connectivity index is 1.33. The summed E-state index contributed by atoms with van der Waals surface area (Å²) in [5, 5.41) is 0.228. The fraction of sp³-hybridized carbons (Fsp3) is 0.174. The van der Waals surface area contributed by atoms with Crippen LogP contribution in [0.4, 0.5) is 0 Å². The molecule has 0 saturated carbocycles. The third-order valence-corrected chi connectivity index (χ3v) is 7.49. The van der Waals surface area contributed by atoms with E-state index in [1.54, 1.807) is 60.3 Å². The van der Waals surface area contributed by atoms with Crippen molar-refractivity contribution in [2.75, 3.05) is 11.5 Å². The molecule has 0 spiro atoms. The van der Waals surface area contributed by atoms with Crippen LogP contribution in [0.15, 0.2) is 83.8 Å². The maximum Gasteiger partial charge on any atom is 0.315 e. The molecule has 1 saturated heterocycles. The van der Waals surface area contributed by atoms with Gasteiger partial charge in [-0.05, 0) is 54.1 Å². The quantitative estimate of drug-likeness (QED) is 0.291. The Hall–Kier alpha value is -2.77. The van der Waals surface area contributed by atoms with Crippen molar-refractivity contribution >= 4 is 27.6 Å². The van der Waals surface area contributed by atoms with E-state index in [4.69, 9.17) is 9.47 Å². The van der Waals surface area contributed by atoms with Gasteiger partial charge in [0.05, 0.1) is 17.1 Å². The lowest BCUT2D eigenvalue weighted by molar-refractivity contribution is -0.133. The molecule has 1 heterocycles.